The van der Waals surface area contributed by atoms with Gasteiger partial charge >= 0.3 is 5.97 Å². The maximum absolute atomic E-state index is 12.6. The number of aryl methyl sites for hydroxylation is 1. The Hall–Kier alpha value is -3.65. The van der Waals surface area contributed by atoms with Crippen LogP contribution in [0.3, 0.4) is 0 Å². The zero-order valence-electron chi connectivity index (χ0n) is 17.8. The molecule has 7 nitrogen and oxygen atoms in total. The molecule has 1 amide bonds. The molecule has 2 aromatic carbocycles. The third kappa shape index (κ3) is 4.22. The van der Waals surface area contributed by atoms with Crippen molar-refractivity contribution < 1.29 is 19.1 Å². The minimum absolute atomic E-state index is 0.0756. The first-order valence-electron chi connectivity index (χ1n) is 10.00. The summed E-state index contributed by atoms with van der Waals surface area (Å²) in [5, 5.41) is 10.8. The van der Waals surface area contributed by atoms with Gasteiger partial charge in [0.2, 0.25) is 0 Å². The van der Waals surface area contributed by atoms with E-state index in [1.165, 1.54) is 11.8 Å². The van der Waals surface area contributed by atoms with Crippen LogP contribution in [-0.4, -0.2) is 34.4 Å². The molecule has 0 saturated heterocycles. The van der Waals surface area contributed by atoms with Crippen LogP contribution >= 0.6 is 11.8 Å². The Morgan fingerprint density at radius 3 is 2.75 bits per heavy atom. The number of carbonyl (C=O) groups is 2. The molecule has 162 valence electrons. The first-order chi connectivity index (χ1) is 15.4. The lowest BCUT2D eigenvalue weighted by atomic mass is 10.1. The molecule has 2 aromatic rings. The monoisotopic (exact) mass is 447 g/mol. The fourth-order valence-electron chi connectivity index (χ4n) is 3.31. The standard InChI is InChI=1S/C24H21N3O4S/c1-4-30-20-12-16(8-9-19(20)31-23(29)17-7-5-6-14(2)10-17)11-18-21(25)27-15(3)13-32-24(27)26-22(18)28/h5-13,25H,4H2,1-3H3. The molecule has 0 fully saturated rings. The van der Waals surface area contributed by atoms with Crippen molar-refractivity contribution >= 4 is 40.7 Å². The fourth-order valence-corrected chi connectivity index (χ4v) is 4.16. The summed E-state index contributed by atoms with van der Waals surface area (Å²) >= 11 is 1.32. The number of rotatable bonds is 5. The van der Waals surface area contributed by atoms with Crippen LogP contribution in [-0.2, 0) is 4.79 Å². The Balaban J connectivity index is 1.63. The van der Waals surface area contributed by atoms with Gasteiger partial charge in [0.05, 0.1) is 17.7 Å². The number of amides is 1. The highest BCUT2D eigenvalue weighted by Gasteiger charge is 2.34. The Bertz CT molecular complexity index is 1230. The van der Waals surface area contributed by atoms with Crippen LogP contribution in [0.2, 0.25) is 0 Å². The third-order valence-electron chi connectivity index (χ3n) is 4.82. The number of allylic oxidation sites excluding steroid dienone is 1. The number of esters is 1. The van der Waals surface area contributed by atoms with E-state index in [1.807, 2.05) is 32.2 Å². The first-order valence-corrected chi connectivity index (χ1v) is 10.9. The molecule has 0 atom stereocenters. The van der Waals surface area contributed by atoms with Gasteiger partial charge in [-0.25, -0.2) is 4.79 Å². The van der Waals surface area contributed by atoms with Crippen molar-refractivity contribution in [2.75, 3.05) is 6.61 Å². The largest absolute Gasteiger partial charge is 0.490 e. The number of nitrogens with zero attached hydrogens (tertiary/aromatic N) is 2. The van der Waals surface area contributed by atoms with E-state index in [9.17, 15) is 9.59 Å². The lowest BCUT2D eigenvalue weighted by molar-refractivity contribution is -0.114. The van der Waals surface area contributed by atoms with E-state index in [4.69, 9.17) is 14.9 Å². The predicted molar refractivity (Wildman–Crippen MR) is 125 cm³/mol. The summed E-state index contributed by atoms with van der Waals surface area (Å²) in [7, 11) is 0. The summed E-state index contributed by atoms with van der Waals surface area (Å²) in [6.07, 6.45) is 1.59. The van der Waals surface area contributed by atoms with Gasteiger partial charge in [-0.3, -0.25) is 15.1 Å². The first kappa shape index (κ1) is 21.6. The molecular weight excluding hydrogens is 426 g/mol. The molecule has 1 N–H and O–H groups in total. The zero-order chi connectivity index (χ0) is 22.8. The molecule has 0 bridgehead atoms. The summed E-state index contributed by atoms with van der Waals surface area (Å²) in [6, 6.07) is 12.1. The van der Waals surface area contributed by atoms with Crippen LogP contribution < -0.4 is 9.47 Å². The summed E-state index contributed by atoms with van der Waals surface area (Å²) in [6.45, 7) is 5.96. The van der Waals surface area contributed by atoms with Crippen molar-refractivity contribution in [3.05, 3.63) is 75.8 Å². The van der Waals surface area contributed by atoms with Crippen molar-refractivity contribution in [1.82, 2.24) is 4.90 Å². The third-order valence-corrected chi connectivity index (χ3v) is 5.76. The van der Waals surface area contributed by atoms with Gasteiger partial charge in [-0.2, -0.15) is 4.99 Å². The van der Waals surface area contributed by atoms with Crippen LogP contribution in [0.25, 0.3) is 6.08 Å². The molecule has 0 aliphatic carbocycles. The van der Waals surface area contributed by atoms with Crippen LogP contribution in [0.5, 0.6) is 11.5 Å². The highest BCUT2D eigenvalue weighted by molar-refractivity contribution is 8.16. The minimum atomic E-state index is -0.486. The second-order valence-corrected chi connectivity index (χ2v) is 8.05. The molecule has 2 heterocycles. The summed E-state index contributed by atoms with van der Waals surface area (Å²) in [5.41, 5.74) is 3.05. The minimum Gasteiger partial charge on any atom is -0.490 e. The highest BCUT2D eigenvalue weighted by Crippen LogP contribution is 2.33. The van der Waals surface area contributed by atoms with Crippen molar-refractivity contribution in [1.29, 1.82) is 5.41 Å². The number of thioether (sulfide) groups is 1. The van der Waals surface area contributed by atoms with E-state index >= 15 is 0 Å². The Labute approximate surface area is 189 Å². The van der Waals surface area contributed by atoms with Crippen molar-refractivity contribution in [2.24, 2.45) is 4.99 Å². The number of hydrogen-bond acceptors (Lipinski definition) is 6. The van der Waals surface area contributed by atoms with E-state index in [0.717, 1.165) is 11.3 Å². The van der Waals surface area contributed by atoms with Gasteiger partial charge in [0.25, 0.3) is 5.91 Å². The van der Waals surface area contributed by atoms with Crippen LogP contribution in [0.1, 0.15) is 35.3 Å². The topological polar surface area (TPSA) is 92.1 Å². The lowest BCUT2D eigenvalue weighted by Gasteiger charge is -2.25. The van der Waals surface area contributed by atoms with E-state index in [1.54, 1.807) is 47.4 Å². The van der Waals surface area contributed by atoms with Gasteiger partial charge in [-0.15, -0.1) is 0 Å². The molecule has 0 unspecified atom stereocenters. The number of amidine groups is 2. The fraction of sp³-hybridized carbons (Fsp3) is 0.167. The maximum Gasteiger partial charge on any atom is 0.343 e. The summed E-state index contributed by atoms with van der Waals surface area (Å²) in [5.74, 6) is -0.229. The van der Waals surface area contributed by atoms with Gasteiger partial charge in [-0.1, -0.05) is 35.5 Å². The van der Waals surface area contributed by atoms with Gasteiger partial charge in [-0.05, 0) is 62.1 Å². The zero-order valence-corrected chi connectivity index (χ0v) is 18.7. The summed E-state index contributed by atoms with van der Waals surface area (Å²) in [4.78, 5) is 30.8. The second kappa shape index (κ2) is 8.84. The van der Waals surface area contributed by atoms with Gasteiger partial charge in [0, 0.05) is 5.70 Å². The number of benzene rings is 2. The summed E-state index contributed by atoms with van der Waals surface area (Å²) < 4.78 is 11.2. The van der Waals surface area contributed by atoms with Gasteiger partial charge < -0.3 is 9.47 Å². The van der Waals surface area contributed by atoms with E-state index in [-0.39, 0.29) is 17.2 Å². The van der Waals surface area contributed by atoms with Crippen LogP contribution in [0.4, 0.5) is 0 Å². The molecule has 0 radical (unpaired) electrons. The molecule has 32 heavy (non-hydrogen) atoms. The average Bonchev–Trinajstić information content (AvgIpc) is 3.13. The van der Waals surface area contributed by atoms with Crippen molar-refractivity contribution in [2.45, 2.75) is 20.8 Å². The number of ether oxygens (including phenoxy) is 2. The predicted octanol–water partition coefficient (Wildman–Crippen LogP) is 4.78. The number of fused-ring (bicyclic) bond motifs is 1. The number of nitrogens with one attached hydrogen (secondary N) is 1. The number of aliphatic imine (C=N–C) groups is 1. The number of carbonyl (C=O) groups excluding carboxylic acids is 2. The quantitative estimate of drug-likeness (QED) is 0.403. The van der Waals surface area contributed by atoms with Gasteiger partial charge in [0.1, 0.15) is 5.84 Å². The Morgan fingerprint density at radius 1 is 1.19 bits per heavy atom. The Kier molecular flexibility index (Phi) is 5.96. The molecule has 2 aliphatic heterocycles. The van der Waals surface area contributed by atoms with Crippen LogP contribution in [0, 0.1) is 12.3 Å². The number of hydrogen-bond donors (Lipinski definition) is 1. The van der Waals surface area contributed by atoms with E-state index in [2.05, 4.69) is 4.99 Å². The molecule has 4 rings (SSSR count). The van der Waals surface area contributed by atoms with Crippen LogP contribution in [0.15, 0.2) is 64.1 Å². The Morgan fingerprint density at radius 2 is 2.00 bits per heavy atom. The molecule has 2 aliphatic rings. The molecule has 0 spiro atoms. The molecular formula is C24H21N3O4S. The lowest BCUT2D eigenvalue weighted by Crippen LogP contribution is -2.37. The normalized spacial score (nSPS) is 16.6. The SMILES string of the molecule is CCOc1cc(C=C2C(=N)N3C(C)=CSC3=NC2=O)ccc1OC(=O)c1cccc(C)c1. The average molecular weight is 448 g/mol. The maximum atomic E-state index is 12.6. The van der Waals surface area contributed by atoms with E-state index < -0.39 is 11.9 Å². The van der Waals surface area contributed by atoms with Gasteiger partial charge in [0.15, 0.2) is 16.7 Å². The second-order valence-electron chi connectivity index (χ2n) is 7.22. The van der Waals surface area contributed by atoms with Crippen molar-refractivity contribution in [3.8, 4) is 11.5 Å². The molecule has 8 heteroatoms. The van der Waals surface area contributed by atoms with Crippen molar-refractivity contribution in [3.63, 3.8) is 0 Å². The van der Waals surface area contributed by atoms with E-state index in [0.29, 0.717) is 28.7 Å². The highest BCUT2D eigenvalue weighted by atomic mass is 32.2. The molecule has 0 aromatic heterocycles. The molecule has 0 saturated carbocycles. The smallest absolute Gasteiger partial charge is 0.343 e.